The first-order valence-corrected chi connectivity index (χ1v) is 10.5. The van der Waals surface area contributed by atoms with Gasteiger partial charge in [-0.2, -0.15) is 0 Å². The molecule has 6 heteroatoms. The van der Waals surface area contributed by atoms with Crippen LogP contribution in [0.3, 0.4) is 0 Å². The van der Waals surface area contributed by atoms with Crippen molar-refractivity contribution in [2.24, 2.45) is 0 Å². The van der Waals surface area contributed by atoms with Gasteiger partial charge in [0, 0.05) is 5.56 Å². The standard InChI is InChI=1S/C22H23N2O3P/c1-2-21(28(26)27)16-8-10-17(11-9-16)22(25)24-20-14-18(12-13-19(20)23)15-6-4-3-5-7-15/h3-14,21,28H,2,23H2,1H3,(H,24,25)(H,26,27). The van der Waals surface area contributed by atoms with Crippen LogP contribution in [0.25, 0.3) is 11.1 Å². The molecule has 0 aliphatic carbocycles. The molecule has 28 heavy (non-hydrogen) atoms. The van der Waals surface area contributed by atoms with Crippen LogP contribution in [0, 0.1) is 0 Å². The van der Waals surface area contributed by atoms with Crippen molar-refractivity contribution in [3.63, 3.8) is 0 Å². The third-order valence-corrected chi connectivity index (χ3v) is 6.03. The number of nitrogens with two attached hydrogens (primary N) is 1. The van der Waals surface area contributed by atoms with Crippen molar-refractivity contribution in [1.29, 1.82) is 0 Å². The highest BCUT2D eigenvalue weighted by Gasteiger charge is 2.16. The summed E-state index contributed by atoms with van der Waals surface area (Å²) in [6.45, 7) is 1.87. The smallest absolute Gasteiger partial charge is 0.255 e. The van der Waals surface area contributed by atoms with Gasteiger partial charge >= 0.3 is 0 Å². The van der Waals surface area contributed by atoms with E-state index in [4.69, 9.17) is 5.73 Å². The highest BCUT2D eigenvalue weighted by Crippen LogP contribution is 2.40. The Kier molecular flexibility index (Phi) is 6.30. The molecule has 0 aromatic heterocycles. The predicted octanol–water partition coefficient (Wildman–Crippen LogP) is 5.11. The van der Waals surface area contributed by atoms with Crippen LogP contribution in [0.5, 0.6) is 0 Å². The SMILES string of the molecule is CCC(c1ccc(C(=O)Nc2cc(-c3ccccc3)ccc2N)cc1)[PH](=O)O. The molecule has 0 radical (unpaired) electrons. The largest absolute Gasteiger partial charge is 0.397 e. The molecule has 3 aromatic rings. The Morgan fingerprint density at radius 3 is 2.32 bits per heavy atom. The van der Waals surface area contributed by atoms with E-state index in [-0.39, 0.29) is 11.6 Å². The molecule has 0 saturated heterocycles. The Labute approximate surface area is 165 Å². The van der Waals surface area contributed by atoms with Gasteiger partial charge in [0.25, 0.3) is 5.91 Å². The molecule has 5 nitrogen and oxygen atoms in total. The second-order valence-corrected chi connectivity index (χ2v) is 7.92. The predicted molar refractivity (Wildman–Crippen MR) is 115 cm³/mol. The van der Waals surface area contributed by atoms with Gasteiger partial charge in [0.05, 0.1) is 17.0 Å². The number of rotatable bonds is 6. The van der Waals surface area contributed by atoms with E-state index in [0.29, 0.717) is 23.4 Å². The molecule has 3 aromatic carbocycles. The van der Waals surface area contributed by atoms with Crippen LogP contribution in [0.15, 0.2) is 72.8 Å². The van der Waals surface area contributed by atoms with Crippen molar-refractivity contribution in [3.8, 4) is 11.1 Å². The zero-order valence-corrected chi connectivity index (χ0v) is 16.6. The molecule has 0 bridgehead atoms. The number of benzene rings is 3. The van der Waals surface area contributed by atoms with Gasteiger partial charge in [0.15, 0.2) is 8.03 Å². The lowest BCUT2D eigenvalue weighted by Crippen LogP contribution is -2.13. The first-order chi connectivity index (χ1) is 13.5. The Morgan fingerprint density at radius 2 is 1.71 bits per heavy atom. The molecule has 0 aliphatic heterocycles. The van der Waals surface area contributed by atoms with Crippen molar-refractivity contribution in [2.75, 3.05) is 11.1 Å². The zero-order valence-electron chi connectivity index (χ0n) is 15.6. The van der Waals surface area contributed by atoms with Gasteiger partial charge in [0.1, 0.15) is 0 Å². The molecule has 2 unspecified atom stereocenters. The van der Waals surface area contributed by atoms with E-state index < -0.39 is 8.03 Å². The number of hydrogen-bond acceptors (Lipinski definition) is 3. The van der Waals surface area contributed by atoms with Gasteiger partial charge in [-0.25, -0.2) is 0 Å². The van der Waals surface area contributed by atoms with Gasteiger partial charge in [-0.3, -0.25) is 9.36 Å². The molecular weight excluding hydrogens is 371 g/mol. The average Bonchev–Trinajstić information content (AvgIpc) is 2.71. The van der Waals surface area contributed by atoms with Crippen molar-refractivity contribution in [1.82, 2.24) is 0 Å². The highest BCUT2D eigenvalue weighted by molar-refractivity contribution is 7.38. The van der Waals surface area contributed by atoms with E-state index in [0.717, 1.165) is 16.7 Å². The van der Waals surface area contributed by atoms with E-state index in [1.54, 1.807) is 30.3 Å². The lowest BCUT2D eigenvalue weighted by atomic mass is 10.0. The second-order valence-electron chi connectivity index (χ2n) is 6.54. The normalized spacial score (nSPS) is 12.9. The molecule has 2 atom stereocenters. The summed E-state index contributed by atoms with van der Waals surface area (Å²) in [6.07, 6.45) is 0.572. The summed E-state index contributed by atoms with van der Waals surface area (Å²) in [5.41, 5.74) is 9.88. The summed E-state index contributed by atoms with van der Waals surface area (Å²) in [4.78, 5) is 22.1. The van der Waals surface area contributed by atoms with Crippen LogP contribution >= 0.6 is 8.03 Å². The molecule has 0 spiro atoms. The number of amides is 1. The molecule has 0 aliphatic rings. The van der Waals surface area contributed by atoms with Crippen LogP contribution in [0.2, 0.25) is 0 Å². The first kappa shape index (κ1) is 19.9. The van der Waals surface area contributed by atoms with Crippen LogP contribution in [0.1, 0.15) is 34.9 Å². The van der Waals surface area contributed by atoms with Crippen molar-refractivity contribution < 1.29 is 14.3 Å². The number of hydrogen-bond donors (Lipinski definition) is 3. The molecular formula is C22H23N2O3P. The van der Waals surface area contributed by atoms with Gasteiger partial charge in [-0.05, 0) is 47.4 Å². The minimum atomic E-state index is -2.66. The third-order valence-electron chi connectivity index (χ3n) is 4.69. The number of carbonyl (C=O) groups is 1. The maximum absolute atomic E-state index is 12.6. The van der Waals surface area contributed by atoms with Crippen molar-refractivity contribution >= 4 is 25.3 Å². The lowest BCUT2D eigenvalue weighted by molar-refractivity contribution is 0.102. The molecule has 0 heterocycles. The fourth-order valence-electron chi connectivity index (χ4n) is 3.09. The maximum atomic E-state index is 12.6. The fourth-order valence-corrected chi connectivity index (χ4v) is 3.92. The van der Waals surface area contributed by atoms with Gasteiger partial charge < -0.3 is 15.9 Å². The van der Waals surface area contributed by atoms with E-state index in [2.05, 4.69) is 5.32 Å². The highest BCUT2D eigenvalue weighted by atomic mass is 31.1. The summed E-state index contributed by atoms with van der Waals surface area (Å²) in [5, 5.41) is 2.85. The summed E-state index contributed by atoms with van der Waals surface area (Å²) in [5.74, 6) is -0.284. The van der Waals surface area contributed by atoms with Crippen LogP contribution < -0.4 is 11.1 Å². The summed E-state index contributed by atoms with van der Waals surface area (Å²) in [7, 11) is -2.66. The van der Waals surface area contributed by atoms with E-state index in [1.165, 1.54) is 0 Å². The number of nitrogen functional groups attached to an aromatic ring is 1. The fraction of sp³-hybridized carbons (Fsp3) is 0.136. The Morgan fingerprint density at radius 1 is 1.04 bits per heavy atom. The van der Waals surface area contributed by atoms with E-state index in [1.807, 2.05) is 49.4 Å². The van der Waals surface area contributed by atoms with Crippen molar-refractivity contribution in [2.45, 2.75) is 19.0 Å². The number of carbonyl (C=O) groups excluding carboxylic acids is 1. The van der Waals surface area contributed by atoms with Crippen LogP contribution in [0.4, 0.5) is 11.4 Å². The molecule has 4 N–H and O–H groups in total. The Hall–Kier alpha value is -2.88. The van der Waals surface area contributed by atoms with Crippen LogP contribution in [-0.2, 0) is 4.57 Å². The minimum absolute atomic E-state index is 0.284. The number of nitrogens with one attached hydrogen (secondary N) is 1. The molecule has 0 fully saturated rings. The van der Waals surface area contributed by atoms with E-state index in [9.17, 15) is 14.3 Å². The average molecular weight is 394 g/mol. The monoisotopic (exact) mass is 394 g/mol. The van der Waals surface area contributed by atoms with Crippen molar-refractivity contribution in [3.05, 3.63) is 83.9 Å². The van der Waals surface area contributed by atoms with Gasteiger partial charge in [0.2, 0.25) is 0 Å². The summed E-state index contributed by atoms with van der Waals surface area (Å²) < 4.78 is 11.5. The zero-order chi connectivity index (χ0) is 20.1. The second kappa shape index (κ2) is 8.87. The topological polar surface area (TPSA) is 92.4 Å². The maximum Gasteiger partial charge on any atom is 0.255 e. The lowest BCUT2D eigenvalue weighted by Gasteiger charge is -2.13. The summed E-state index contributed by atoms with van der Waals surface area (Å²) in [6, 6.07) is 22.2. The minimum Gasteiger partial charge on any atom is -0.397 e. The molecule has 0 saturated carbocycles. The van der Waals surface area contributed by atoms with Crippen LogP contribution in [-0.4, -0.2) is 10.8 Å². The van der Waals surface area contributed by atoms with Gasteiger partial charge in [-0.1, -0.05) is 55.5 Å². The first-order valence-electron chi connectivity index (χ1n) is 9.08. The number of anilines is 2. The quantitative estimate of drug-likeness (QED) is 0.400. The van der Waals surface area contributed by atoms with Gasteiger partial charge in [-0.15, -0.1) is 0 Å². The molecule has 144 valence electrons. The molecule has 3 rings (SSSR count). The Balaban J connectivity index is 1.80. The molecule has 1 amide bonds. The Bertz CT molecular complexity index is 988. The van der Waals surface area contributed by atoms with E-state index >= 15 is 0 Å². The third kappa shape index (κ3) is 4.50. The summed E-state index contributed by atoms with van der Waals surface area (Å²) >= 11 is 0.